The van der Waals surface area contributed by atoms with Crippen LogP contribution in [0.5, 0.6) is 0 Å². The Labute approximate surface area is 643 Å². The monoisotopic (exact) mass is 1400 g/mol. The minimum atomic E-state index is 1.25. The molecule has 0 aliphatic rings. The minimum absolute atomic E-state index is 1.25. The number of hydrogen-bond donors (Lipinski definition) is 0. The Bertz CT molecular complexity index is 6820. The highest BCUT2D eigenvalue weighted by Gasteiger charge is 2.20. The summed E-state index contributed by atoms with van der Waals surface area (Å²) in [6.07, 6.45) is 0. The van der Waals surface area contributed by atoms with Crippen LogP contribution in [0.4, 0.5) is 0 Å². The summed E-state index contributed by atoms with van der Waals surface area (Å²) in [6, 6.07) is 149. The quantitative estimate of drug-likeness (QED) is 0.140. The van der Waals surface area contributed by atoms with E-state index in [1.165, 1.54) is 208 Å². The number of hydrogen-bond acceptors (Lipinski definition) is 0. The van der Waals surface area contributed by atoms with Gasteiger partial charge in [-0.1, -0.05) is 399 Å². The average molecular weight is 1400 g/mol. The fraction of sp³-hybridized carbons (Fsp3) is 0.0364. The van der Waals surface area contributed by atoms with Crippen LogP contribution in [-0.4, -0.2) is 0 Å². The second kappa shape index (κ2) is 29.9. The van der Waals surface area contributed by atoms with Crippen molar-refractivity contribution in [2.24, 2.45) is 0 Å². The number of benzene rings is 21. The van der Waals surface area contributed by atoms with Crippen LogP contribution >= 0.6 is 0 Å². The van der Waals surface area contributed by atoms with Crippen LogP contribution in [0.3, 0.4) is 0 Å². The SMILES string of the molecule is Cc1ccc(-c2ccc(-c3c4ccccc4cc4ccccc34)cc2)cc1.Cc1cccc(-c2cccc(-c3c4ccccc4cc4ccccc34)c2)c1.Cc1cccc2c(-c3c4ccccc4c(-c4ccccc4)c4ccccc34)cccc12.Cc1cccc2c(-c3c4ccccc4cc4ccccc34)cccc12. The van der Waals surface area contributed by atoms with Gasteiger partial charge in [-0.25, -0.2) is 0 Å². The lowest BCUT2D eigenvalue weighted by Crippen LogP contribution is -1.91. The molecule has 110 heavy (non-hydrogen) atoms. The molecular weight excluding hydrogens is 1320 g/mol. The van der Waals surface area contributed by atoms with Crippen LogP contribution in [0.25, 0.3) is 186 Å². The molecule has 0 heterocycles. The van der Waals surface area contributed by atoms with Gasteiger partial charge in [0.2, 0.25) is 0 Å². The summed E-state index contributed by atoms with van der Waals surface area (Å²) < 4.78 is 0. The molecule has 0 bridgehead atoms. The molecule has 21 aromatic carbocycles. The Hall–Kier alpha value is -13.8. The molecule has 0 aliphatic heterocycles. The van der Waals surface area contributed by atoms with E-state index in [0.717, 1.165) is 0 Å². The standard InChI is InChI=1S/C31H22.2C27H20.C25H18/c1-21-11-9-19-24-23(21)18-10-20-25(24)31-28-16-7-5-14-26(28)30(22-12-3-2-4-13-22)27-15-6-8-17-29(27)31;1-19-8-6-11-20(16-19)21-12-7-13-24(17-21)27-25-14-4-2-9-22(25)18-23-10-3-5-15-26(23)27;1-19-10-12-20(13-11-19)21-14-16-22(17-15-21)27-25-8-4-2-6-23(25)18-24-7-3-5-9-26(24)27;1-17-8-6-14-23-20(17)13-7-15-24(23)25-21-11-4-2-9-18(21)16-19-10-3-5-12-22(19)25/h2-20H,1H3;2*2-18H,1H3;2-16H,1H3. The maximum Gasteiger partial charge on any atom is -0.00201 e. The van der Waals surface area contributed by atoms with Gasteiger partial charge in [0, 0.05) is 0 Å². The molecule has 520 valence electrons. The molecule has 0 N–H and O–H groups in total. The predicted octanol–water partition coefficient (Wildman–Crippen LogP) is 31.2. The van der Waals surface area contributed by atoms with Crippen LogP contribution in [-0.2, 0) is 0 Å². The molecule has 0 aliphatic carbocycles. The Morgan fingerprint density at radius 2 is 0.391 bits per heavy atom. The van der Waals surface area contributed by atoms with Crippen LogP contribution in [0.2, 0.25) is 0 Å². The van der Waals surface area contributed by atoms with E-state index in [-0.39, 0.29) is 0 Å². The maximum absolute atomic E-state index is 2.32. The van der Waals surface area contributed by atoms with Crippen molar-refractivity contribution in [3.8, 4) is 77.9 Å². The molecule has 0 amide bonds. The van der Waals surface area contributed by atoms with Crippen molar-refractivity contribution in [2.75, 3.05) is 0 Å². The van der Waals surface area contributed by atoms with Gasteiger partial charge < -0.3 is 0 Å². The Morgan fingerprint density at radius 3 is 0.818 bits per heavy atom. The largest absolute Gasteiger partial charge is 0.0622 e. The van der Waals surface area contributed by atoms with E-state index in [2.05, 4.69) is 440 Å². The first-order valence-electron chi connectivity index (χ1n) is 38.3. The summed E-state index contributed by atoms with van der Waals surface area (Å²) in [6.45, 7) is 8.65. The summed E-state index contributed by atoms with van der Waals surface area (Å²) in [5.41, 5.74) is 23.3. The molecule has 0 fully saturated rings. The second-order valence-electron chi connectivity index (χ2n) is 29.1. The normalized spacial score (nSPS) is 11.3. The average Bonchev–Trinajstić information content (AvgIpc) is 0.708. The molecule has 21 aromatic rings. The van der Waals surface area contributed by atoms with Gasteiger partial charge in [0.15, 0.2) is 0 Å². The van der Waals surface area contributed by atoms with Crippen molar-refractivity contribution in [3.05, 3.63) is 435 Å². The smallest absolute Gasteiger partial charge is 0.00201 e. The van der Waals surface area contributed by atoms with Crippen molar-refractivity contribution in [1.29, 1.82) is 0 Å². The molecule has 21 rings (SSSR count). The third-order valence-electron chi connectivity index (χ3n) is 22.2. The van der Waals surface area contributed by atoms with Gasteiger partial charge in [0.05, 0.1) is 0 Å². The topological polar surface area (TPSA) is 0 Å². The zero-order chi connectivity index (χ0) is 74.0. The van der Waals surface area contributed by atoms with E-state index in [9.17, 15) is 0 Å². The zero-order valence-corrected chi connectivity index (χ0v) is 62.3. The van der Waals surface area contributed by atoms with Crippen LogP contribution in [0.1, 0.15) is 22.3 Å². The van der Waals surface area contributed by atoms with Crippen molar-refractivity contribution < 1.29 is 0 Å². The lowest BCUT2D eigenvalue weighted by Gasteiger charge is -2.19. The van der Waals surface area contributed by atoms with E-state index < -0.39 is 0 Å². The first-order chi connectivity index (χ1) is 54.2. The van der Waals surface area contributed by atoms with Gasteiger partial charge in [-0.3, -0.25) is 0 Å². The highest BCUT2D eigenvalue weighted by atomic mass is 14.2. The summed E-state index contributed by atoms with van der Waals surface area (Å²) in [5.74, 6) is 0. The summed E-state index contributed by atoms with van der Waals surface area (Å²) in [4.78, 5) is 0. The molecule has 0 radical (unpaired) electrons. The van der Waals surface area contributed by atoms with E-state index in [1.807, 2.05) is 0 Å². The fourth-order valence-corrected chi connectivity index (χ4v) is 16.9. The van der Waals surface area contributed by atoms with Crippen molar-refractivity contribution in [3.63, 3.8) is 0 Å². The van der Waals surface area contributed by atoms with E-state index in [1.54, 1.807) is 0 Å². The lowest BCUT2D eigenvalue weighted by atomic mass is 9.84. The predicted molar refractivity (Wildman–Crippen MR) is 478 cm³/mol. The molecule has 0 heteroatoms. The highest BCUT2D eigenvalue weighted by molar-refractivity contribution is 6.24. The van der Waals surface area contributed by atoms with Crippen LogP contribution in [0.15, 0.2) is 413 Å². The first-order valence-corrected chi connectivity index (χ1v) is 38.3. The van der Waals surface area contributed by atoms with Gasteiger partial charge in [0.25, 0.3) is 0 Å². The molecule has 0 saturated carbocycles. The minimum Gasteiger partial charge on any atom is -0.0622 e. The second-order valence-corrected chi connectivity index (χ2v) is 29.1. The summed E-state index contributed by atoms with van der Waals surface area (Å²) in [5, 5.41) is 26.1. The fourth-order valence-electron chi connectivity index (χ4n) is 16.9. The van der Waals surface area contributed by atoms with Crippen molar-refractivity contribution in [2.45, 2.75) is 27.7 Å². The summed E-state index contributed by atoms with van der Waals surface area (Å²) in [7, 11) is 0. The van der Waals surface area contributed by atoms with Gasteiger partial charge in [-0.15, -0.1) is 0 Å². The van der Waals surface area contributed by atoms with E-state index in [4.69, 9.17) is 0 Å². The molecule has 0 atom stereocenters. The van der Waals surface area contributed by atoms with E-state index >= 15 is 0 Å². The summed E-state index contributed by atoms with van der Waals surface area (Å²) >= 11 is 0. The molecule has 0 aromatic heterocycles. The number of rotatable bonds is 7. The maximum atomic E-state index is 2.32. The molecule has 0 unspecified atom stereocenters. The van der Waals surface area contributed by atoms with Crippen LogP contribution < -0.4 is 0 Å². The Morgan fingerprint density at radius 1 is 0.127 bits per heavy atom. The lowest BCUT2D eigenvalue weighted by molar-refractivity contribution is 1.47. The first kappa shape index (κ1) is 68.1. The highest BCUT2D eigenvalue weighted by Crippen LogP contribution is 2.47. The van der Waals surface area contributed by atoms with Crippen molar-refractivity contribution >= 4 is 108 Å². The van der Waals surface area contributed by atoms with Gasteiger partial charge in [-0.05, 0) is 249 Å². The number of aryl methyl sites for hydroxylation is 4. The Kier molecular flexibility index (Phi) is 18.5. The molecule has 0 saturated heterocycles. The number of fused-ring (bicyclic) bond motifs is 10. The van der Waals surface area contributed by atoms with Gasteiger partial charge in [-0.2, -0.15) is 0 Å². The molecular formula is C110H80. The third kappa shape index (κ3) is 13.1. The van der Waals surface area contributed by atoms with Crippen LogP contribution in [0, 0.1) is 27.7 Å². The molecule has 0 spiro atoms. The Balaban J connectivity index is 0.000000103. The third-order valence-corrected chi connectivity index (χ3v) is 22.2. The van der Waals surface area contributed by atoms with E-state index in [0.29, 0.717) is 0 Å². The zero-order valence-electron chi connectivity index (χ0n) is 62.3. The van der Waals surface area contributed by atoms with Crippen molar-refractivity contribution in [1.82, 2.24) is 0 Å². The van der Waals surface area contributed by atoms with Gasteiger partial charge in [0.1, 0.15) is 0 Å². The van der Waals surface area contributed by atoms with Gasteiger partial charge >= 0.3 is 0 Å². The molecule has 0 nitrogen and oxygen atoms in total.